The number of allylic oxidation sites excluding steroid dienone is 3. The number of hydrogen-bond donors (Lipinski definition) is 10. The number of nitrogens with one attached hydrogen (secondary N) is 5. The Morgan fingerprint density at radius 3 is 0.922 bits per heavy atom. The third-order valence-electron chi connectivity index (χ3n) is 9.04. The first-order valence-corrected chi connectivity index (χ1v) is 25.5. The lowest BCUT2D eigenvalue weighted by molar-refractivity contribution is 0.480. The minimum absolute atomic E-state index is 0.0464. The molecule has 3 aromatic rings. The molecule has 0 amide bonds. The molecule has 0 atom stereocenters. The Kier molecular flexibility index (Phi) is 31.9. The van der Waals surface area contributed by atoms with Gasteiger partial charge in [-0.3, -0.25) is 24.5 Å². The van der Waals surface area contributed by atoms with Crippen LogP contribution in [-0.4, -0.2) is 77.0 Å². The first-order chi connectivity index (χ1) is 30.3. The van der Waals surface area contributed by atoms with Crippen molar-refractivity contribution in [3.05, 3.63) is 127 Å². The maximum Gasteiger partial charge on any atom is 0.294 e. The second-order valence-corrected chi connectivity index (χ2v) is 18.6. The molecule has 0 bridgehead atoms. The van der Waals surface area contributed by atoms with Crippen molar-refractivity contribution >= 4 is 42.3 Å². The van der Waals surface area contributed by atoms with Crippen LogP contribution in [0.2, 0.25) is 0 Å². The summed E-state index contributed by atoms with van der Waals surface area (Å²) < 4.78 is 91.6. The van der Waals surface area contributed by atoms with E-state index < -0.39 is 30.4 Å². The Balaban J connectivity index is 0.000000869. The van der Waals surface area contributed by atoms with Gasteiger partial charge in [-0.25, -0.2) is 0 Å². The van der Waals surface area contributed by atoms with Crippen molar-refractivity contribution in [2.75, 3.05) is 26.2 Å². The van der Waals surface area contributed by atoms with Gasteiger partial charge in [-0.2, -0.15) is 25.3 Å². The molecular formula is C45H71N7O9S3. The molecule has 358 valence electrons. The summed E-state index contributed by atoms with van der Waals surface area (Å²) >= 11 is 0. The molecule has 3 rings (SSSR count). The molecule has 0 heterocycles. The molecule has 0 aliphatic heterocycles. The van der Waals surface area contributed by atoms with Crippen LogP contribution >= 0.6 is 0 Å². The monoisotopic (exact) mass is 949 g/mol. The minimum Gasteiger partial charge on any atom is -0.370 e. The number of nitrogens with two attached hydrogens (primary N) is 2. The summed E-state index contributed by atoms with van der Waals surface area (Å²) in [5.41, 5.74) is 12.1. The van der Waals surface area contributed by atoms with Crippen LogP contribution in [0.15, 0.2) is 125 Å². The van der Waals surface area contributed by atoms with E-state index in [-0.39, 0.29) is 26.6 Å². The van der Waals surface area contributed by atoms with E-state index in [0.717, 1.165) is 39.0 Å². The first kappa shape index (κ1) is 59.1. The van der Waals surface area contributed by atoms with Crippen molar-refractivity contribution in [3.63, 3.8) is 0 Å². The van der Waals surface area contributed by atoms with Crippen LogP contribution in [0.3, 0.4) is 0 Å². The Bertz CT molecular complexity index is 1940. The molecule has 64 heavy (non-hydrogen) atoms. The van der Waals surface area contributed by atoms with Crippen LogP contribution in [0.4, 0.5) is 0 Å². The molecule has 0 unspecified atom stereocenters. The molecule has 0 fully saturated rings. The predicted octanol–water partition coefficient (Wildman–Crippen LogP) is 7.21. The highest BCUT2D eigenvalue weighted by Gasteiger charge is 2.14. The van der Waals surface area contributed by atoms with Crippen LogP contribution in [0.1, 0.15) is 93.7 Å². The molecule has 19 heteroatoms. The van der Waals surface area contributed by atoms with Gasteiger partial charge in [-0.15, -0.1) is 19.7 Å². The summed E-state index contributed by atoms with van der Waals surface area (Å²) in [6.07, 6.45) is 21.0. The number of hydrogen-bond acceptors (Lipinski definition) is 9. The van der Waals surface area contributed by atoms with Gasteiger partial charge in [0.05, 0.1) is 14.7 Å². The predicted molar refractivity (Wildman–Crippen MR) is 259 cm³/mol. The number of guanidine groups is 2. The van der Waals surface area contributed by atoms with Crippen LogP contribution < -0.4 is 27.4 Å². The van der Waals surface area contributed by atoms with Gasteiger partial charge in [-0.05, 0) is 92.9 Å². The summed E-state index contributed by atoms with van der Waals surface area (Å²) in [7, 11) is -12.3. The average molecular weight is 950 g/mol. The molecule has 0 saturated carbocycles. The van der Waals surface area contributed by atoms with Crippen LogP contribution in [0.25, 0.3) is 0 Å². The largest absolute Gasteiger partial charge is 0.370 e. The van der Waals surface area contributed by atoms with Gasteiger partial charge in [0.15, 0.2) is 11.9 Å². The number of unbranched alkanes of at least 4 members (excludes halogenated alkanes) is 10. The molecule has 0 aliphatic carbocycles. The van der Waals surface area contributed by atoms with Gasteiger partial charge in [0.2, 0.25) is 0 Å². The van der Waals surface area contributed by atoms with Crippen molar-refractivity contribution in [2.24, 2.45) is 11.5 Å². The van der Waals surface area contributed by atoms with E-state index in [4.69, 9.17) is 35.9 Å². The van der Waals surface area contributed by atoms with Gasteiger partial charge < -0.3 is 27.4 Å². The topological polar surface area (TPSA) is 299 Å². The number of rotatable bonds is 27. The van der Waals surface area contributed by atoms with Crippen molar-refractivity contribution in [2.45, 2.75) is 111 Å². The molecule has 0 saturated heterocycles. The van der Waals surface area contributed by atoms with Gasteiger partial charge in [0, 0.05) is 13.1 Å². The Labute approximate surface area is 382 Å². The molecule has 0 radical (unpaired) electrons. The molecule has 0 aromatic heterocycles. The summed E-state index contributed by atoms with van der Waals surface area (Å²) in [6, 6.07) is 18.9. The van der Waals surface area contributed by atoms with E-state index in [9.17, 15) is 25.3 Å². The standard InChI is InChI=1S/C18H41N7.3C9H10O3S/c19-17(20)24-15-11-7-3-1-5-9-13-23-14-10-6-2-4-8-12-16-25-18(21)22;3*1-2-5-8-6-3-4-7-9(8)13(10,11)12/h23H,1-16H2,(H4,19,20,24)(H4,21,22,25);3*2-4,6-7H,1,5H2,(H,10,11,12). The van der Waals surface area contributed by atoms with Crippen molar-refractivity contribution in [1.29, 1.82) is 10.8 Å². The maximum absolute atomic E-state index is 10.8. The van der Waals surface area contributed by atoms with Crippen molar-refractivity contribution < 1.29 is 38.9 Å². The SMILES string of the molecule is C=CCc1ccccc1S(=O)(=O)O.C=CCc1ccccc1S(=O)(=O)O.C=CCc1ccccc1S(=O)(=O)O.N=C(N)NCCCCCCCCNCCCCCCCCNC(=N)N. The van der Waals surface area contributed by atoms with E-state index >= 15 is 0 Å². The fraction of sp³-hybridized carbons (Fsp3) is 0.422. The molecular weight excluding hydrogens is 879 g/mol. The lowest BCUT2D eigenvalue weighted by Crippen LogP contribution is -2.30. The van der Waals surface area contributed by atoms with E-state index in [1.165, 1.54) is 82.4 Å². The molecule has 12 N–H and O–H groups in total. The zero-order valence-electron chi connectivity index (χ0n) is 36.9. The second-order valence-electron chi connectivity index (χ2n) is 14.4. The molecule has 16 nitrogen and oxygen atoms in total. The van der Waals surface area contributed by atoms with E-state index in [2.05, 4.69) is 35.7 Å². The lowest BCUT2D eigenvalue weighted by Gasteiger charge is -2.06. The normalized spacial score (nSPS) is 10.9. The third kappa shape index (κ3) is 30.2. The Morgan fingerprint density at radius 2 is 0.688 bits per heavy atom. The zero-order chi connectivity index (χ0) is 48.3. The molecule has 0 spiro atoms. The summed E-state index contributed by atoms with van der Waals surface area (Å²) in [5.74, 6) is 0.154. The van der Waals surface area contributed by atoms with E-state index in [1.54, 1.807) is 72.8 Å². The third-order valence-corrected chi connectivity index (χ3v) is 11.9. The summed E-state index contributed by atoms with van der Waals surface area (Å²) in [6.45, 7) is 14.4. The number of benzene rings is 3. The van der Waals surface area contributed by atoms with Gasteiger partial charge in [-0.1, -0.05) is 124 Å². The fourth-order valence-electron chi connectivity index (χ4n) is 5.97. The highest BCUT2D eigenvalue weighted by Crippen LogP contribution is 2.17. The average Bonchev–Trinajstić information content (AvgIpc) is 3.22. The summed E-state index contributed by atoms with van der Waals surface area (Å²) in [4.78, 5) is -0.139. The van der Waals surface area contributed by atoms with Crippen molar-refractivity contribution in [3.8, 4) is 0 Å². The quantitative estimate of drug-likeness (QED) is 0.0119. The maximum atomic E-state index is 10.8. The van der Waals surface area contributed by atoms with E-state index in [0.29, 0.717) is 36.0 Å². The summed E-state index contributed by atoms with van der Waals surface area (Å²) in [5, 5.41) is 23.3. The van der Waals surface area contributed by atoms with Crippen molar-refractivity contribution in [1.82, 2.24) is 16.0 Å². The Morgan fingerprint density at radius 1 is 0.453 bits per heavy atom. The highest BCUT2D eigenvalue weighted by molar-refractivity contribution is 7.86. The van der Waals surface area contributed by atoms with Crippen LogP contribution in [0, 0.1) is 10.8 Å². The van der Waals surface area contributed by atoms with Crippen LogP contribution in [-0.2, 0) is 49.6 Å². The molecule has 3 aromatic carbocycles. The van der Waals surface area contributed by atoms with E-state index in [1.807, 2.05) is 0 Å². The minimum atomic E-state index is -4.10. The zero-order valence-corrected chi connectivity index (χ0v) is 39.3. The first-order valence-electron chi connectivity index (χ1n) is 21.1. The van der Waals surface area contributed by atoms with Gasteiger partial charge in [0.25, 0.3) is 30.4 Å². The van der Waals surface area contributed by atoms with Crippen LogP contribution in [0.5, 0.6) is 0 Å². The lowest BCUT2D eigenvalue weighted by atomic mass is 10.1. The second kappa shape index (κ2) is 34.5. The molecule has 0 aliphatic rings. The van der Waals surface area contributed by atoms with Gasteiger partial charge in [0.1, 0.15) is 0 Å². The fourth-order valence-corrected chi connectivity index (χ4v) is 8.17. The smallest absolute Gasteiger partial charge is 0.294 e. The highest BCUT2D eigenvalue weighted by atomic mass is 32.2. The van der Waals surface area contributed by atoms with Gasteiger partial charge >= 0.3 is 0 Å². The Hall–Kier alpha value is -4.89.